The molecule has 3 fully saturated rings. The number of rotatable bonds is 0. The van der Waals surface area contributed by atoms with Gasteiger partial charge in [0.1, 0.15) is 0 Å². The molecule has 56 valence electrons. The summed E-state index contributed by atoms with van der Waals surface area (Å²) in [6.07, 6.45) is 6.17. The molecule has 3 rings (SSSR count). The summed E-state index contributed by atoms with van der Waals surface area (Å²) in [5.41, 5.74) is 1.68. The van der Waals surface area contributed by atoms with Crippen LogP contribution >= 0.6 is 0 Å². The van der Waals surface area contributed by atoms with Crippen molar-refractivity contribution in [1.82, 2.24) is 0 Å². The van der Waals surface area contributed by atoms with Gasteiger partial charge in [0.2, 0.25) is 0 Å². The Balaban J connectivity index is 1.97. The normalized spacial score (nSPS) is 70.2. The molecular weight excluding hydrogens is 120 g/mol. The third-order valence-electron chi connectivity index (χ3n) is 5.13. The van der Waals surface area contributed by atoms with Crippen LogP contribution in [-0.4, -0.2) is 0 Å². The number of hydrogen-bond acceptors (Lipinski definition) is 0. The zero-order chi connectivity index (χ0) is 6.98. The van der Waals surface area contributed by atoms with Gasteiger partial charge in [-0.15, -0.1) is 0 Å². The quantitative estimate of drug-likeness (QED) is 0.480. The highest BCUT2D eigenvalue weighted by molar-refractivity contribution is 5.22. The molecular formula is C10H16. The van der Waals surface area contributed by atoms with E-state index in [9.17, 15) is 0 Å². The molecule has 0 heterocycles. The fourth-order valence-electron chi connectivity index (χ4n) is 4.39. The molecule has 0 aliphatic heterocycles. The monoisotopic (exact) mass is 136 g/mol. The molecule has 3 saturated carbocycles. The lowest BCUT2D eigenvalue weighted by Gasteiger charge is -2.79. The molecule has 0 nitrogen and oxygen atoms in total. The Morgan fingerprint density at radius 1 is 0.900 bits per heavy atom. The molecule has 0 N–H and O–H groups in total. The van der Waals surface area contributed by atoms with Crippen molar-refractivity contribution in [3.05, 3.63) is 0 Å². The smallest absolute Gasteiger partial charge is 0.0259 e. The van der Waals surface area contributed by atoms with E-state index in [0.29, 0.717) is 0 Å². The standard InChI is InChI=1S/C10H16/c1-9-5-3-7(9)10(2)6-4-8(9)10/h7-8H,3-6H2,1-2H3. The van der Waals surface area contributed by atoms with Crippen molar-refractivity contribution in [3.63, 3.8) is 0 Å². The first-order valence-corrected chi connectivity index (χ1v) is 4.68. The predicted octanol–water partition coefficient (Wildman–Crippen LogP) is 2.83. The Hall–Kier alpha value is 0. The summed E-state index contributed by atoms with van der Waals surface area (Å²) in [7, 11) is 0. The molecule has 0 aromatic carbocycles. The molecule has 0 saturated heterocycles. The Labute approximate surface area is 63.0 Å². The topological polar surface area (TPSA) is 0 Å². The zero-order valence-corrected chi connectivity index (χ0v) is 6.98. The summed E-state index contributed by atoms with van der Waals surface area (Å²) >= 11 is 0. The van der Waals surface area contributed by atoms with Crippen LogP contribution in [0, 0.1) is 22.7 Å². The average molecular weight is 136 g/mol. The third-order valence-corrected chi connectivity index (χ3v) is 5.13. The van der Waals surface area contributed by atoms with Gasteiger partial charge in [-0.25, -0.2) is 0 Å². The van der Waals surface area contributed by atoms with Gasteiger partial charge >= 0.3 is 0 Å². The highest BCUT2D eigenvalue weighted by Crippen LogP contribution is 2.81. The molecule has 0 aromatic heterocycles. The van der Waals surface area contributed by atoms with Crippen molar-refractivity contribution < 1.29 is 0 Å². The fourth-order valence-corrected chi connectivity index (χ4v) is 4.39. The van der Waals surface area contributed by atoms with E-state index in [1.165, 1.54) is 12.8 Å². The molecule has 0 atom stereocenters. The van der Waals surface area contributed by atoms with Crippen molar-refractivity contribution in [2.45, 2.75) is 39.5 Å². The van der Waals surface area contributed by atoms with Gasteiger partial charge in [-0.05, 0) is 48.3 Å². The molecule has 0 amide bonds. The molecule has 0 aromatic rings. The van der Waals surface area contributed by atoms with Gasteiger partial charge in [0, 0.05) is 0 Å². The predicted molar refractivity (Wildman–Crippen MR) is 41.7 cm³/mol. The molecule has 10 heavy (non-hydrogen) atoms. The lowest BCUT2D eigenvalue weighted by Crippen LogP contribution is -2.72. The average Bonchev–Trinajstić information content (AvgIpc) is 1.82. The van der Waals surface area contributed by atoms with Gasteiger partial charge in [0.15, 0.2) is 0 Å². The molecule has 0 bridgehead atoms. The Morgan fingerprint density at radius 2 is 1.30 bits per heavy atom. The molecule has 0 heteroatoms. The highest BCUT2D eigenvalue weighted by Gasteiger charge is 2.73. The van der Waals surface area contributed by atoms with Gasteiger partial charge in [0.05, 0.1) is 0 Å². The second-order valence-electron chi connectivity index (χ2n) is 5.19. The van der Waals surface area contributed by atoms with Crippen molar-refractivity contribution in [2.24, 2.45) is 22.7 Å². The van der Waals surface area contributed by atoms with Crippen LogP contribution in [0.1, 0.15) is 39.5 Å². The Bertz CT molecular complexity index is 162. The molecule has 0 spiro atoms. The van der Waals surface area contributed by atoms with Crippen molar-refractivity contribution >= 4 is 0 Å². The first kappa shape index (κ1) is 5.62. The molecule has 0 radical (unpaired) electrons. The van der Waals surface area contributed by atoms with Crippen molar-refractivity contribution in [3.8, 4) is 0 Å². The Morgan fingerprint density at radius 3 is 1.40 bits per heavy atom. The summed E-state index contributed by atoms with van der Waals surface area (Å²) in [6.45, 7) is 5.04. The minimum atomic E-state index is 0.840. The molecule has 3 aliphatic carbocycles. The van der Waals surface area contributed by atoms with E-state index in [-0.39, 0.29) is 0 Å². The van der Waals surface area contributed by atoms with Crippen LogP contribution in [0.3, 0.4) is 0 Å². The molecule has 0 unspecified atom stereocenters. The second-order valence-corrected chi connectivity index (χ2v) is 5.19. The largest absolute Gasteiger partial charge is 0.0591 e. The fraction of sp³-hybridized carbons (Fsp3) is 1.00. The summed E-state index contributed by atoms with van der Waals surface area (Å²) < 4.78 is 0. The van der Waals surface area contributed by atoms with Crippen molar-refractivity contribution in [1.29, 1.82) is 0 Å². The maximum atomic E-state index is 2.52. The van der Waals surface area contributed by atoms with E-state index in [1.807, 2.05) is 0 Å². The van der Waals surface area contributed by atoms with E-state index in [4.69, 9.17) is 0 Å². The maximum absolute atomic E-state index is 2.52. The molecule has 3 aliphatic rings. The van der Waals surface area contributed by atoms with E-state index < -0.39 is 0 Å². The van der Waals surface area contributed by atoms with Crippen molar-refractivity contribution in [2.75, 3.05) is 0 Å². The van der Waals surface area contributed by atoms with Crippen LogP contribution in [0.4, 0.5) is 0 Å². The Kier molecular flexibility index (Phi) is 0.669. The lowest BCUT2D eigenvalue weighted by molar-refractivity contribution is -0.304. The van der Waals surface area contributed by atoms with Crippen LogP contribution in [-0.2, 0) is 0 Å². The highest BCUT2D eigenvalue weighted by atomic mass is 14.8. The van der Waals surface area contributed by atoms with Gasteiger partial charge in [-0.3, -0.25) is 0 Å². The van der Waals surface area contributed by atoms with Crippen LogP contribution in [0.25, 0.3) is 0 Å². The zero-order valence-electron chi connectivity index (χ0n) is 6.98. The van der Waals surface area contributed by atoms with E-state index >= 15 is 0 Å². The van der Waals surface area contributed by atoms with Crippen LogP contribution in [0.15, 0.2) is 0 Å². The first-order valence-electron chi connectivity index (χ1n) is 4.68. The first-order chi connectivity index (χ1) is 4.68. The minimum Gasteiger partial charge on any atom is -0.0591 e. The summed E-state index contributed by atoms with van der Waals surface area (Å²) in [4.78, 5) is 0. The number of hydrogen-bond donors (Lipinski definition) is 0. The van der Waals surface area contributed by atoms with Gasteiger partial charge in [-0.2, -0.15) is 0 Å². The SMILES string of the molecule is CC12CCC1C1(C)CCC21. The van der Waals surface area contributed by atoms with Gasteiger partial charge < -0.3 is 0 Å². The summed E-state index contributed by atoms with van der Waals surface area (Å²) in [6, 6.07) is 0. The lowest BCUT2D eigenvalue weighted by atomic mass is 9.26. The van der Waals surface area contributed by atoms with Gasteiger partial charge in [0.25, 0.3) is 0 Å². The van der Waals surface area contributed by atoms with Crippen LogP contribution in [0.5, 0.6) is 0 Å². The van der Waals surface area contributed by atoms with E-state index in [2.05, 4.69) is 13.8 Å². The van der Waals surface area contributed by atoms with Crippen LogP contribution < -0.4 is 0 Å². The number of fused-ring (bicyclic) bond motifs is 4. The van der Waals surface area contributed by atoms with E-state index in [1.54, 1.807) is 12.8 Å². The van der Waals surface area contributed by atoms with Crippen LogP contribution in [0.2, 0.25) is 0 Å². The third kappa shape index (κ3) is 0.302. The second kappa shape index (κ2) is 1.19. The summed E-state index contributed by atoms with van der Waals surface area (Å²) in [5.74, 6) is 2.28. The summed E-state index contributed by atoms with van der Waals surface area (Å²) in [5, 5.41) is 0. The minimum absolute atomic E-state index is 0.840. The maximum Gasteiger partial charge on any atom is -0.0259 e. The van der Waals surface area contributed by atoms with Gasteiger partial charge in [-0.1, -0.05) is 13.8 Å². The van der Waals surface area contributed by atoms with E-state index in [0.717, 1.165) is 22.7 Å².